The fraction of sp³-hybridized carbons (Fsp3) is 0.529. The summed E-state index contributed by atoms with van der Waals surface area (Å²) in [4.78, 5) is 25.4. The van der Waals surface area contributed by atoms with Crippen molar-refractivity contribution in [1.82, 2.24) is 4.90 Å². The topological polar surface area (TPSA) is 84.7 Å². The number of anilines is 1. The highest BCUT2D eigenvalue weighted by Crippen LogP contribution is 2.28. The zero-order valence-electron chi connectivity index (χ0n) is 14.0. The van der Waals surface area contributed by atoms with E-state index >= 15 is 0 Å². The number of hydrogen-bond acceptors (Lipinski definition) is 3. The lowest BCUT2D eigenvalue weighted by Gasteiger charge is -2.31. The number of benzene rings is 1. The average Bonchev–Trinajstić information content (AvgIpc) is 2.48. The largest absolute Gasteiger partial charge is 0.486 e. The molecule has 3 amide bonds. The molecule has 0 unspecified atom stereocenters. The van der Waals surface area contributed by atoms with E-state index in [-0.39, 0.29) is 23.5 Å². The van der Waals surface area contributed by atoms with Crippen molar-refractivity contribution in [3.05, 3.63) is 24.3 Å². The monoisotopic (exact) mass is 319 g/mol. The number of ether oxygens (including phenoxy) is 1. The van der Waals surface area contributed by atoms with E-state index in [1.165, 1.54) is 0 Å². The van der Waals surface area contributed by atoms with Crippen LogP contribution in [0.3, 0.4) is 0 Å². The minimum absolute atomic E-state index is 0.235. The van der Waals surface area contributed by atoms with Crippen LogP contribution in [0.1, 0.15) is 33.6 Å². The van der Waals surface area contributed by atoms with Crippen molar-refractivity contribution >= 4 is 17.6 Å². The van der Waals surface area contributed by atoms with Crippen LogP contribution in [0, 0.1) is 5.92 Å². The molecule has 0 aromatic heterocycles. The normalized spacial score (nSPS) is 18.4. The van der Waals surface area contributed by atoms with Crippen LogP contribution >= 0.6 is 0 Å². The van der Waals surface area contributed by atoms with Crippen LogP contribution in [-0.2, 0) is 4.79 Å². The van der Waals surface area contributed by atoms with Crippen LogP contribution in [0.2, 0.25) is 0 Å². The summed E-state index contributed by atoms with van der Waals surface area (Å²) < 4.78 is 5.87. The fourth-order valence-electron chi connectivity index (χ4n) is 2.58. The van der Waals surface area contributed by atoms with Crippen molar-refractivity contribution in [3.63, 3.8) is 0 Å². The van der Waals surface area contributed by atoms with Crippen LogP contribution in [0.25, 0.3) is 0 Å². The van der Waals surface area contributed by atoms with E-state index in [9.17, 15) is 9.59 Å². The molecule has 23 heavy (non-hydrogen) atoms. The molecule has 0 aliphatic carbocycles. The third-order valence-corrected chi connectivity index (χ3v) is 3.66. The molecule has 3 N–H and O–H groups in total. The average molecular weight is 319 g/mol. The molecule has 0 radical (unpaired) electrons. The highest BCUT2D eigenvalue weighted by Gasteiger charge is 2.27. The minimum Gasteiger partial charge on any atom is -0.486 e. The maximum absolute atomic E-state index is 12.5. The van der Waals surface area contributed by atoms with Crippen LogP contribution in [-0.4, -0.2) is 35.5 Å². The van der Waals surface area contributed by atoms with Crippen molar-refractivity contribution in [2.45, 2.75) is 39.2 Å². The van der Waals surface area contributed by atoms with E-state index in [4.69, 9.17) is 10.5 Å². The van der Waals surface area contributed by atoms with Gasteiger partial charge >= 0.3 is 6.03 Å². The van der Waals surface area contributed by atoms with Crippen LogP contribution in [0.15, 0.2) is 24.3 Å². The lowest BCUT2D eigenvalue weighted by molar-refractivity contribution is -0.123. The molecule has 0 bridgehead atoms. The summed E-state index contributed by atoms with van der Waals surface area (Å²) in [6.07, 6.45) is 1.52. The van der Waals surface area contributed by atoms with Crippen LogP contribution in [0.5, 0.6) is 5.75 Å². The highest BCUT2D eigenvalue weighted by molar-refractivity contribution is 5.91. The van der Waals surface area contributed by atoms with E-state index < -0.39 is 0 Å². The molecule has 2 rings (SSSR count). The molecular weight excluding hydrogens is 294 g/mol. The maximum atomic E-state index is 12.5. The van der Waals surface area contributed by atoms with Crippen molar-refractivity contribution in [2.75, 3.05) is 18.4 Å². The van der Waals surface area contributed by atoms with Gasteiger partial charge in [-0.25, -0.2) is 4.79 Å². The summed E-state index contributed by atoms with van der Waals surface area (Å²) in [5, 5.41) is 2.87. The van der Waals surface area contributed by atoms with Gasteiger partial charge in [0.25, 0.3) is 0 Å². The Bertz CT molecular complexity index is 581. The SMILES string of the molecule is CC(C)(C)Oc1ccccc1NC(=O)N1CCC[C@@H](C(N)=O)C1. The number of amides is 3. The Morgan fingerprint density at radius 1 is 1.30 bits per heavy atom. The second kappa shape index (κ2) is 6.89. The molecule has 1 heterocycles. The molecule has 1 fully saturated rings. The zero-order valence-corrected chi connectivity index (χ0v) is 14.0. The van der Waals surface area contributed by atoms with Crippen LogP contribution < -0.4 is 15.8 Å². The van der Waals surface area contributed by atoms with Gasteiger partial charge < -0.3 is 20.7 Å². The lowest BCUT2D eigenvalue weighted by atomic mass is 9.98. The third-order valence-electron chi connectivity index (χ3n) is 3.66. The summed E-state index contributed by atoms with van der Waals surface area (Å²) in [5.41, 5.74) is 5.62. The van der Waals surface area contributed by atoms with E-state index in [2.05, 4.69) is 5.32 Å². The van der Waals surface area contributed by atoms with Crippen molar-refractivity contribution in [1.29, 1.82) is 0 Å². The van der Waals surface area contributed by atoms with Gasteiger partial charge in [-0.2, -0.15) is 0 Å². The smallest absolute Gasteiger partial charge is 0.321 e. The fourth-order valence-corrected chi connectivity index (χ4v) is 2.58. The standard InChI is InChI=1S/C17H25N3O3/c1-17(2,3)23-14-9-5-4-8-13(14)19-16(22)20-10-6-7-12(11-20)15(18)21/h4-5,8-9,12H,6-7,10-11H2,1-3H3,(H2,18,21)(H,19,22)/t12-/m1/s1. The number of nitrogens with zero attached hydrogens (tertiary/aromatic N) is 1. The number of likely N-dealkylation sites (tertiary alicyclic amines) is 1. The summed E-state index contributed by atoms with van der Waals surface area (Å²) >= 11 is 0. The van der Waals surface area contributed by atoms with E-state index in [0.29, 0.717) is 24.5 Å². The summed E-state index contributed by atoms with van der Waals surface area (Å²) in [5.74, 6) is 0.00588. The van der Waals surface area contributed by atoms with E-state index in [0.717, 1.165) is 12.8 Å². The van der Waals surface area contributed by atoms with E-state index in [1.54, 1.807) is 11.0 Å². The first-order valence-electron chi connectivity index (χ1n) is 7.89. The quantitative estimate of drug-likeness (QED) is 0.898. The summed E-state index contributed by atoms with van der Waals surface area (Å²) in [6, 6.07) is 7.09. The molecule has 1 saturated heterocycles. The Morgan fingerprint density at radius 3 is 2.65 bits per heavy atom. The molecule has 126 valence electrons. The van der Waals surface area contributed by atoms with Gasteiger partial charge in [0.1, 0.15) is 11.4 Å². The van der Waals surface area contributed by atoms with Gasteiger partial charge in [0.05, 0.1) is 11.6 Å². The van der Waals surface area contributed by atoms with Gasteiger partial charge in [-0.1, -0.05) is 12.1 Å². The van der Waals surface area contributed by atoms with Gasteiger partial charge in [0.2, 0.25) is 5.91 Å². The zero-order chi connectivity index (χ0) is 17.0. The van der Waals surface area contributed by atoms with Gasteiger partial charge in [0, 0.05) is 13.1 Å². The summed E-state index contributed by atoms with van der Waals surface area (Å²) in [7, 11) is 0. The minimum atomic E-state index is -0.358. The first kappa shape index (κ1) is 17.1. The van der Waals surface area contributed by atoms with Gasteiger partial charge in [-0.05, 0) is 45.7 Å². The number of urea groups is 1. The Balaban J connectivity index is 2.07. The van der Waals surface area contributed by atoms with Gasteiger partial charge in [-0.15, -0.1) is 0 Å². The number of nitrogens with one attached hydrogen (secondary N) is 1. The number of hydrogen-bond donors (Lipinski definition) is 2. The molecule has 1 aromatic carbocycles. The molecule has 1 aromatic rings. The van der Waals surface area contributed by atoms with Gasteiger partial charge in [-0.3, -0.25) is 4.79 Å². The Hall–Kier alpha value is -2.24. The molecule has 0 spiro atoms. The first-order chi connectivity index (χ1) is 10.8. The molecular formula is C17H25N3O3. The van der Waals surface area contributed by atoms with Gasteiger partial charge in [0.15, 0.2) is 0 Å². The number of piperidine rings is 1. The number of carbonyl (C=O) groups excluding carboxylic acids is 2. The number of rotatable bonds is 3. The predicted octanol–water partition coefficient (Wildman–Crippen LogP) is 2.59. The molecule has 6 nitrogen and oxygen atoms in total. The first-order valence-corrected chi connectivity index (χ1v) is 7.89. The molecule has 1 aliphatic rings. The third kappa shape index (κ3) is 4.87. The lowest BCUT2D eigenvalue weighted by Crippen LogP contribution is -2.45. The maximum Gasteiger partial charge on any atom is 0.321 e. The Labute approximate surface area is 137 Å². The van der Waals surface area contributed by atoms with Crippen LogP contribution in [0.4, 0.5) is 10.5 Å². The molecule has 1 aliphatic heterocycles. The van der Waals surface area contributed by atoms with Crippen molar-refractivity contribution in [2.24, 2.45) is 11.7 Å². The highest BCUT2D eigenvalue weighted by atomic mass is 16.5. The number of nitrogens with two attached hydrogens (primary N) is 1. The Kier molecular flexibility index (Phi) is 5.13. The number of para-hydroxylation sites is 2. The molecule has 6 heteroatoms. The second-order valence-electron chi connectivity index (χ2n) is 6.83. The molecule has 0 saturated carbocycles. The predicted molar refractivity (Wildman–Crippen MR) is 89.3 cm³/mol. The number of carbonyl (C=O) groups is 2. The second-order valence-corrected chi connectivity index (χ2v) is 6.83. The van der Waals surface area contributed by atoms with Crippen molar-refractivity contribution < 1.29 is 14.3 Å². The number of primary amides is 1. The summed E-state index contributed by atoms with van der Waals surface area (Å²) in [6.45, 7) is 6.84. The van der Waals surface area contributed by atoms with Crippen molar-refractivity contribution in [3.8, 4) is 5.75 Å². The Morgan fingerprint density at radius 2 is 2.00 bits per heavy atom. The molecule has 1 atom stereocenters. The van der Waals surface area contributed by atoms with E-state index in [1.807, 2.05) is 39.0 Å².